The minimum Gasteiger partial charge on any atom is -0.312 e. The molecule has 1 N–H and O–H groups in total. The van der Waals surface area contributed by atoms with Crippen LogP contribution in [0.3, 0.4) is 0 Å². The zero-order valence-corrected chi connectivity index (χ0v) is 15.3. The lowest BCUT2D eigenvalue weighted by Crippen LogP contribution is -2.35. The van der Waals surface area contributed by atoms with E-state index in [1.54, 1.807) is 18.8 Å². The predicted molar refractivity (Wildman–Crippen MR) is 101 cm³/mol. The van der Waals surface area contributed by atoms with Crippen LogP contribution in [0.15, 0.2) is 44.9 Å². The molecule has 7 heteroatoms. The maximum Gasteiger partial charge on any atom is 0.317 e. The quantitative estimate of drug-likeness (QED) is 0.520. The normalized spacial score (nSPS) is 11.3. The highest BCUT2D eigenvalue weighted by Gasteiger charge is 2.16. The fraction of sp³-hybridized carbons (Fsp3) is 0.389. The molecule has 0 spiro atoms. The number of nitrogens with one attached hydrogen (secondary N) is 1. The predicted octanol–water partition coefficient (Wildman–Crippen LogP) is 2.56. The molecule has 0 amide bonds. The molecule has 0 atom stereocenters. The van der Waals surface area contributed by atoms with Gasteiger partial charge in [-0.15, -0.1) is 11.8 Å². The van der Waals surface area contributed by atoms with Crippen LogP contribution in [0.4, 0.5) is 0 Å². The van der Waals surface area contributed by atoms with Crippen molar-refractivity contribution >= 4 is 22.9 Å². The minimum atomic E-state index is -0.600. The van der Waals surface area contributed by atoms with Crippen LogP contribution in [0.2, 0.25) is 0 Å². The van der Waals surface area contributed by atoms with Gasteiger partial charge < -0.3 is 4.98 Å². The fourth-order valence-corrected chi connectivity index (χ4v) is 3.67. The lowest BCUT2D eigenvalue weighted by atomic mass is 10.1. The van der Waals surface area contributed by atoms with E-state index in [9.17, 15) is 9.59 Å². The highest BCUT2D eigenvalue weighted by molar-refractivity contribution is 7.99. The molecule has 0 aliphatic rings. The summed E-state index contributed by atoms with van der Waals surface area (Å²) < 4.78 is 3.24. The van der Waals surface area contributed by atoms with Crippen LogP contribution in [0.5, 0.6) is 0 Å². The summed E-state index contributed by atoms with van der Waals surface area (Å²) in [6, 6.07) is 10.3. The molecule has 3 rings (SSSR count). The molecular weight excluding hydrogens is 336 g/mol. The average Bonchev–Trinajstić information content (AvgIpc) is 2.96. The van der Waals surface area contributed by atoms with Crippen LogP contribution in [0.1, 0.15) is 25.3 Å². The first-order valence-corrected chi connectivity index (χ1v) is 9.47. The van der Waals surface area contributed by atoms with Crippen molar-refractivity contribution in [3.63, 3.8) is 0 Å². The van der Waals surface area contributed by atoms with Gasteiger partial charge in [0.05, 0.1) is 0 Å². The molecule has 0 saturated heterocycles. The van der Waals surface area contributed by atoms with Gasteiger partial charge in [0.1, 0.15) is 10.5 Å². The number of benzene rings is 1. The SMILES string of the molecule is CCCSc1nn(CCCc2ccccc2)c2c1[nH]c(=O)c(=O)n2C. The van der Waals surface area contributed by atoms with Crippen LogP contribution in [0, 0.1) is 0 Å². The summed E-state index contributed by atoms with van der Waals surface area (Å²) in [5.74, 6) is 0.918. The molecule has 25 heavy (non-hydrogen) atoms. The number of nitrogens with zero attached hydrogens (tertiary/aromatic N) is 3. The fourth-order valence-electron chi connectivity index (χ4n) is 2.83. The van der Waals surface area contributed by atoms with E-state index < -0.39 is 11.1 Å². The second kappa shape index (κ2) is 7.74. The first-order valence-electron chi connectivity index (χ1n) is 8.48. The van der Waals surface area contributed by atoms with Crippen LogP contribution >= 0.6 is 11.8 Å². The smallest absolute Gasteiger partial charge is 0.312 e. The van der Waals surface area contributed by atoms with E-state index in [1.165, 1.54) is 10.1 Å². The van der Waals surface area contributed by atoms with Crippen LogP contribution in [-0.2, 0) is 20.0 Å². The van der Waals surface area contributed by atoms with Crippen molar-refractivity contribution in [1.82, 2.24) is 19.3 Å². The van der Waals surface area contributed by atoms with E-state index in [0.29, 0.717) is 17.7 Å². The third kappa shape index (κ3) is 3.71. The lowest BCUT2D eigenvalue weighted by molar-refractivity contribution is 0.571. The number of rotatable bonds is 7. The molecule has 132 valence electrons. The van der Waals surface area contributed by atoms with Gasteiger partial charge in [-0.25, -0.2) is 4.68 Å². The molecule has 0 saturated carbocycles. The molecule has 2 heterocycles. The third-order valence-electron chi connectivity index (χ3n) is 4.07. The number of H-pyrrole nitrogens is 1. The van der Waals surface area contributed by atoms with Crippen molar-refractivity contribution < 1.29 is 0 Å². The zero-order valence-electron chi connectivity index (χ0n) is 14.5. The van der Waals surface area contributed by atoms with Crippen molar-refractivity contribution in [2.24, 2.45) is 7.05 Å². The molecule has 0 aliphatic carbocycles. The Balaban J connectivity index is 1.92. The highest BCUT2D eigenvalue weighted by atomic mass is 32.2. The van der Waals surface area contributed by atoms with Crippen molar-refractivity contribution in [2.75, 3.05) is 5.75 Å². The summed E-state index contributed by atoms with van der Waals surface area (Å²) in [5.41, 5.74) is 1.46. The first-order chi connectivity index (χ1) is 12.1. The van der Waals surface area contributed by atoms with Crippen LogP contribution < -0.4 is 11.1 Å². The van der Waals surface area contributed by atoms with Gasteiger partial charge in [0.2, 0.25) is 0 Å². The van der Waals surface area contributed by atoms with E-state index in [1.807, 2.05) is 22.9 Å². The van der Waals surface area contributed by atoms with Crippen LogP contribution in [-0.4, -0.2) is 25.1 Å². The standard InChI is InChI=1S/C18H22N4O2S/c1-3-12-25-16-14-17(21(2)18(24)15(23)19-14)22(20-16)11-7-10-13-8-5-4-6-9-13/h4-6,8-9H,3,7,10-12H2,1-2H3,(H,19,23). The molecule has 6 nitrogen and oxygen atoms in total. The number of aryl methyl sites for hydroxylation is 3. The van der Waals surface area contributed by atoms with Crippen molar-refractivity contribution in [3.05, 3.63) is 56.6 Å². The minimum absolute atomic E-state index is 0.552. The zero-order chi connectivity index (χ0) is 17.8. The molecule has 2 aromatic heterocycles. The van der Waals surface area contributed by atoms with Gasteiger partial charge in [-0.3, -0.25) is 14.2 Å². The molecular formula is C18H22N4O2S. The Morgan fingerprint density at radius 3 is 2.68 bits per heavy atom. The van der Waals surface area contributed by atoms with Gasteiger partial charge in [0.25, 0.3) is 0 Å². The number of thioether (sulfide) groups is 1. The average molecular weight is 358 g/mol. The van der Waals surface area contributed by atoms with E-state index in [4.69, 9.17) is 0 Å². The largest absolute Gasteiger partial charge is 0.317 e. The molecule has 0 radical (unpaired) electrons. The molecule has 0 unspecified atom stereocenters. The first kappa shape index (κ1) is 17.5. The van der Waals surface area contributed by atoms with E-state index in [0.717, 1.165) is 30.0 Å². The van der Waals surface area contributed by atoms with Crippen molar-refractivity contribution in [3.8, 4) is 0 Å². The molecule has 1 aromatic carbocycles. The Bertz CT molecular complexity index is 972. The van der Waals surface area contributed by atoms with E-state index in [-0.39, 0.29) is 0 Å². The number of aromatic amines is 1. The number of hydrogen-bond acceptors (Lipinski definition) is 4. The molecule has 0 fully saturated rings. The Morgan fingerprint density at radius 1 is 1.20 bits per heavy atom. The van der Waals surface area contributed by atoms with Crippen molar-refractivity contribution in [2.45, 2.75) is 37.8 Å². The maximum atomic E-state index is 12.0. The molecule has 0 aliphatic heterocycles. The number of hydrogen-bond donors (Lipinski definition) is 1. The van der Waals surface area contributed by atoms with Gasteiger partial charge in [0, 0.05) is 13.6 Å². The van der Waals surface area contributed by atoms with Gasteiger partial charge in [0.15, 0.2) is 5.65 Å². The summed E-state index contributed by atoms with van der Waals surface area (Å²) in [7, 11) is 1.63. The van der Waals surface area contributed by atoms with E-state index in [2.05, 4.69) is 29.1 Å². The van der Waals surface area contributed by atoms with Crippen molar-refractivity contribution in [1.29, 1.82) is 0 Å². The van der Waals surface area contributed by atoms with Gasteiger partial charge >= 0.3 is 11.1 Å². The summed E-state index contributed by atoms with van der Waals surface area (Å²) in [4.78, 5) is 26.6. The van der Waals surface area contributed by atoms with E-state index >= 15 is 0 Å². The number of aromatic nitrogens is 4. The third-order valence-corrected chi connectivity index (χ3v) is 5.24. The number of fused-ring (bicyclic) bond motifs is 1. The molecule has 3 aromatic rings. The maximum absolute atomic E-state index is 12.0. The monoisotopic (exact) mass is 358 g/mol. The Morgan fingerprint density at radius 2 is 1.96 bits per heavy atom. The summed E-state index contributed by atoms with van der Waals surface area (Å²) in [6.07, 6.45) is 2.87. The van der Waals surface area contributed by atoms with Gasteiger partial charge in [-0.05, 0) is 30.6 Å². The second-order valence-corrected chi connectivity index (χ2v) is 7.07. The second-order valence-electron chi connectivity index (χ2n) is 5.98. The summed E-state index contributed by atoms with van der Waals surface area (Å²) in [5, 5.41) is 5.43. The van der Waals surface area contributed by atoms with Crippen LogP contribution in [0.25, 0.3) is 11.2 Å². The Kier molecular flexibility index (Phi) is 5.43. The Labute approximate surface area is 149 Å². The lowest BCUT2D eigenvalue weighted by Gasteiger charge is -2.06. The summed E-state index contributed by atoms with van der Waals surface area (Å²) in [6.45, 7) is 2.79. The highest BCUT2D eigenvalue weighted by Crippen LogP contribution is 2.25. The van der Waals surface area contributed by atoms with Gasteiger partial charge in [-0.1, -0.05) is 37.3 Å². The van der Waals surface area contributed by atoms with Gasteiger partial charge in [-0.2, -0.15) is 5.10 Å². The molecule has 0 bridgehead atoms. The summed E-state index contributed by atoms with van der Waals surface area (Å²) >= 11 is 1.61. The Hall–Kier alpha value is -2.28. The topological polar surface area (TPSA) is 72.7 Å².